The first-order chi connectivity index (χ1) is 9.13. The highest BCUT2D eigenvalue weighted by Gasteiger charge is 2.33. The van der Waals surface area contributed by atoms with Gasteiger partial charge in [-0.05, 0) is 26.2 Å². The minimum Gasteiger partial charge on any atom is -0.394 e. The molecule has 0 radical (unpaired) electrons. The summed E-state index contributed by atoms with van der Waals surface area (Å²) in [5.74, 6) is 0.0505. The number of nitrogens with one attached hydrogen (secondary N) is 2. The summed E-state index contributed by atoms with van der Waals surface area (Å²) in [6.07, 6.45) is 8.81. The molecule has 0 aromatic heterocycles. The van der Waals surface area contributed by atoms with E-state index in [0.29, 0.717) is 0 Å². The smallest absolute Gasteiger partial charge is 0.236 e. The van der Waals surface area contributed by atoms with Gasteiger partial charge in [0, 0.05) is 12.1 Å². The van der Waals surface area contributed by atoms with Crippen LogP contribution in [0.4, 0.5) is 0 Å². The van der Waals surface area contributed by atoms with E-state index >= 15 is 0 Å². The Morgan fingerprint density at radius 2 is 1.95 bits per heavy atom. The second-order valence-electron chi connectivity index (χ2n) is 5.86. The van der Waals surface area contributed by atoms with E-state index in [9.17, 15) is 9.90 Å². The summed E-state index contributed by atoms with van der Waals surface area (Å²) in [4.78, 5) is 12.0. The van der Waals surface area contributed by atoms with Crippen molar-refractivity contribution in [3.05, 3.63) is 0 Å². The lowest BCUT2D eigenvalue weighted by Gasteiger charge is -2.38. The van der Waals surface area contributed by atoms with Gasteiger partial charge in [0.05, 0.1) is 12.6 Å². The van der Waals surface area contributed by atoms with Gasteiger partial charge in [-0.2, -0.15) is 0 Å². The van der Waals surface area contributed by atoms with Crippen LogP contribution in [0.3, 0.4) is 0 Å². The van der Waals surface area contributed by atoms with E-state index in [-0.39, 0.29) is 24.1 Å². The molecule has 1 aliphatic rings. The molecule has 0 aromatic rings. The zero-order valence-electron chi connectivity index (χ0n) is 12.5. The molecule has 0 spiro atoms. The van der Waals surface area contributed by atoms with Crippen LogP contribution in [0.1, 0.15) is 65.2 Å². The van der Waals surface area contributed by atoms with Crippen molar-refractivity contribution in [1.29, 1.82) is 0 Å². The molecule has 0 saturated heterocycles. The molecule has 0 aromatic carbocycles. The van der Waals surface area contributed by atoms with Crippen LogP contribution in [0, 0.1) is 0 Å². The molecular formula is C15H30N2O2. The Bertz CT molecular complexity index is 263. The zero-order valence-corrected chi connectivity index (χ0v) is 12.5. The van der Waals surface area contributed by atoms with Gasteiger partial charge in [-0.1, -0.05) is 39.0 Å². The van der Waals surface area contributed by atoms with Gasteiger partial charge in [-0.25, -0.2) is 0 Å². The van der Waals surface area contributed by atoms with Crippen molar-refractivity contribution in [2.45, 2.75) is 76.8 Å². The Hall–Kier alpha value is -0.610. The fourth-order valence-corrected chi connectivity index (χ4v) is 2.84. The molecule has 1 amide bonds. The van der Waals surface area contributed by atoms with Crippen molar-refractivity contribution < 1.29 is 9.90 Å². The standard InChI is InChI=1S/C15H30N2O2/c1-3-4-8-11-16-14(19)13(2)17-15(12-18)9-6-5-7-10-15/h13,17-18H,3-12H2,1-2H3,(H,16,19). The van der Waals surface area contributed by atoms with E-state index in [1.165, 1.54) is 6.42 Å². The quantitative estimate of drug-likeness (QED) is 0.591. The van der Waals surface area contributed by atoms with Gasteiger partial charge in [-0.3, -0.25) is 10.1 Å². The first-order valence-electron chi connectivity index (χ1n) is 7.80. The Morgan fingerprint density at radius 3 is 2.53 bits per heavy atom. The predicted molar refractivity (Wildman–Crippen MR) is 78.0 cm³/mol. The van der Waals surface area contributed by atoms with Crippen molar-refractivity contribution in [2.24, 2.45) is 0 Å². The third-order valence-electron chi connectivity index (χ3n) is 4.11. The Morgan fingerprint density at radius 1 is 1.26 bits per heavy atom. The van der Waals surface area contributed by atoms with Crippen molar-refractivity contribution in [3.63, 3.8) is 0 Å². The van der Waals surface area contributed by atoms with Crippen LogP contribution in [0.15, 0.2) is 0 Å². The Labute approximate surface area is 117 Å². The lowest BCUT2D eigenvalue weighted by atomic mass is 9.82. The maximum Gasteiger partial charge on any atom is 0.236 e. The van der Waals surface area contributed by atoms with E-state index in [4.69, 9.17) is 0 Å². The fourth-order valence-electron chi connectivity index (χ4n) is 2.84. The highest BCUT2D eigenvalue weighted by molar-refractivity contribution is 5.81. The number of rotatable bonds is 8. The van der Waals surface area contributed by atoms with E-state index in [1.807, 2.05) is 6.92 Å². The summed E-state index contributed by atoms with van der Waals surface area (Å²) in [7, 11) is 0. The summed E-state index contributed by atoms with van der Waals surface area (Å²) in [6.45, 7) is 4.92. The maximum absolute atomic E-state index is 12.0. The third kappa shape index (κ3) is 5.49. The van der Waals surface area contributed by atoms with E-state index < -0.39 is 0 Å². The lowest BCUT2D eigenvalue weighted by molar-refractivity contribution is -0.123. The van der Waals surface area contributed by atoms with Crippen molar-refractivity contribution in [2.75, 3.05) is 13.2 Å². The number of amides is 1. The number of hydrogen-bond donors (Lipinski definition) is 3. The van der Waals surface area contributed by atoms with Gasteiger partial charge in [-0.15, -0.1) is 0 Å². The topological polar surface area (TPSA) is 61.4 Å². The second kappa shape index (κ2) is 8.54. The molecule has 0 bridgehead atoms. The first kappa shape index (κ1) is 16.4. The molecule has 1 aliphatic carbocycles. The van der Waals surface area contributed by atoms with Crippen LogP contribution in [0.2, 0.25) is 0 Å². The van der Waals surface area contributed by atoms with E-state index in [2.05, 4.69) is 17.6 Å². The normalized spacial score (nSPS) is 19.9. The molecule has 4 heteroatoms. The van der Waals surface area contributed by atoms with Crippen LogP contribution < -0.4 is 10.6 Å². The Kier molecular flexibility index (Phi) is 7.39. The zero-order chi connectivity index (χ0) is 14.1. The number of aliphatic hydroxyl groups is 1. The average Bonchev–Trinajstić information content (AvgIpc) is 2.44. The molecule has 112 valence electrons. The van der Waals surface area contributed by atoms with Crippen LogP contribution in [-0.4, -0.2) is 35.7 Å². The van der Waals surface area contributed by atoms with E-state index in [1.54, 1.807) is 0 Å². The molecule has 1 atom stereocenters. The fraction of sp³-hybridized carbons (Fsp3) is 0.933. The molecule has 0 aliphatic heterocycles. The molecule has 4 nitrogen and oxygen atoms in total. The number of carbonyl (C=O) groups is 1. The number of aliphatic hydroxyl groups excluding tert-OH is 1. The Balaban J connectivity index is 2.34. The number of hydrogen-bond acceptors (Lipinski definition) is 3. The molecule has 1 unspecified atom stereocenters. The minimum atomic E-state index is -0.238. The molecule has 0 heterocycles. The summed E-state index contributed by atoms with van der Waals surface area (Å²) >= 11 is 0. The SMILES string of the molecule is CCCCCNC(=O)C(C)NC1(CO)CCCCC1. The van der Waals surface area contributed by atoms with Gasteiger partial charge >= 0.3 is 0 Å². The summed E-state index contributed by atoms with van der Waals surface area (Å²) in [5, 5.41) is 15.9. The molecule has 19 heavy (non-hydrogen) atoms. The highest BCUT2D eigenvalue weighted by Crippen LogP contribution is 2.28. The second-order valence-corrected chi connectivity index (χ2v) is 5.86. The summed E-state index contributed by atoms with van der Waals surface area (Å²) < 4.78 is 0. The predicted octanol–water partition coefficient (Wildman–Crippen LogP) is 1.97. The van der Waals surface area contributed by atoms with Gasteiger partial charge in [0.1, 0.15) is 0 Å². The molecule has 3 N–H and O–H groups in total. The van der Waals surface area contributed by atoms with Crippen LogP contribution >= 0.6 is 0 Å². The minimum absolute atomic E-state index is 0.0505. The molecule has 1 saturated carbocycles. The van der Waals surface area contributed by atoms with E-state index in [0.717, 1.165) is 51.5 Å². The third-order valence-corrected chi connectivity index (χ3v) is 4.11. The lowest BCUT2D eigenvalue weighted by Crippen LogP contribution is -2.57. The largest absolute Gasteiger partial charge is 0.394 e. The monoisotopic (exact) mass is 270 g/mol. The van der Waals surface area contributed by atoms with Crippen LogP contribution in [0.5, 0.6) is 0 Å². The molecule has 1 rings (SSSR count). The van der Waals surface area contributed by atoms with Gasteiger partial charge in [0.15, 0.2) is 0 Å². The van der Waals surface area contributed by atoms with Gasteiger partial charge in [0.2, 0.25) is 5.91 Å². The summed E-state index contributed by atoms with van der Waals surface area (Å²) in [6, 6.07) is -0.230. The highest BCUT2D eigenvalue weighted by atomic mass is 16.3. The average molecular weight is 270 g/mol. The van der Waals surface area contributed by atoms with Crippen molar-refractivity contribution in [3.8, 4) is 0 Å². The molecular weight excluding hydrogens is 240 g/mol. The van der Waals surface area contributed by atoms with Crippen LogP contribution in [0.25, 0.3) is 0 Å². The van der Waals surface area contributed by atoms with Crippen molar-refractivity contribution >= 4 is 5.91 Å². The van der Waals surface area contributed by atoms with Gasteiger partial charge in [0.25, 0.3) is 0 Å². The maximum atomic E-state index is 12.0. The summed E-state index contributed by atoms with van der Waals surface area (Å²) in [5.41, 5.74) is -0.238. The van der Waals surface area contributed by atoms with Crippen molar-refractivity contribution in [1.82, 2.24) is 10.6 Å². The number of carbonyl (C=O) groups excluding carboxylic acids is 1. The van der Waals surface area contributed by atoms with Gasteiger partial charge < -0.3 is 10.4 Å². The number of unbranched alkanes of at least 4 members (excludes halogenated alkanes) is 2. The van der Waals surface area contributed by atoms with Crippen LogP contribution in [-0.2, 0) is 4.79 Å². The first-order valence-corrected chi connectivity index (χ1v) is 7.80. The molecule has 1 fully saturated rings.